The van der Waals surface area contributed by atoms with Crippen molar-refractivity contribution < 1.29 is 0 Å². The molecule has 0 spiro atoms. The summed E-state index contributed by atoms with van der Waals surface area (Å²) in [5, 5.41) is 10.3. The van der Waals surface area contributed by atoms with Crippen molar-refractivity contribution in [3.63, 3.8) is 0 Å². The molecule has 0 radical (unpaired) electrons. The molecule has 11 aromatic rings. The summed E-state index contributed by atoms with van der Waals surface area (Å²) in [5.74, 6) is 0.698. The van der Waals surface area contributed by atoms with E-state index in [2.05, 4.69) is 187 Å². The van der Waals surface area contributed by atoms with Gasteiger partial charge in [-0.2, -0.15) is 5.10 Å². The van der Waals surface area contributed by atoms with Crippen LogP contribution in [0.5, 0.6) is 0 Å². The van der Waals surface area contributed by atoms with Crippen LogP contribution in [0.2, 0.25) is 0 Å². The van der Waals surface area contributed by atoms with Crippen molar-refractivity contribution in [3.8, 4) is 78.7 Å². The lowest BCUT2D eigenvalue weighted by atomic mass is 9.90. The van der Waals surface area contributed by atoms with Gasteiger partial charge < -0.3 is 0 Å². The minimum Gasteiger partial charge on any atom is -0.231 e. The lowest BCUT2D eigenvalue weighted by molar-refractivity contribution is 0.981. The lowest BCUT2D eigenvalue weighted by Crippen LogP contribution is -2.00. The number of benzene rings is 8. The monoisotopic (exact) mass is 752 g/mol. The van der Waals surface area contributed by atoms with Crippen molar-refractivity contribution in [3.05, 3.63) is 218 Å². The van der Waals surface area contributed by atoms with Crippen molar-refractivity contribution in [2.24, 2.45) is 0 Å². The van der Waals surface area contributed by atoms with Crippen LogP contribution in [0, 0.1) is 0 Å². The number of fused-ring (bicyclic) bond motifs is 4. The van der Waals surface area contributed by atoms with E-state index in [-0.39, 0.29) is 0 Å². The molecule has 0 N–H and O–H groups in total. The second kappa shape index (κ2) is 14.5. The van der Waals surface area contributed by atoms with Crippen molar-refractivity contribution in [1.82, 2.24) is 19.6 Å². The first kappa shape index (κ1) is 34.3. The standard InChI is InChI=1S/C55H36N4/c1-5-18-38(19-6-1)48-36-49(57-55(56-48)43-24-11-4-12-25-43)39-30-32-41(33-31-39)50-46-27-15-16-28-47(46)54-51(40-20-7-2-8-21-40)52(45-34-29-37-17-13-14-26-44(37)35-45)58-59(54)53(50)42-22-9-3-10-23-42/h1-36H. The van der Waals surface area contributed by atoms with Crippen LogP contribution in [-0.4, -0.2) is 19.6 Å². The molecule has 4 heteroatoms. The quantitative estimate of drug-likeness (QED) is 0.163. The van der Waals surface area contributed by atoms with Gasteiger partial charge in [-0.05, 0) is 39.4 Å². The molecule has 11 rings (SSSR count). The summed E-state index contributed by atoms with van der Waals surface area (Å²) in [7, 11) is 0. The second-order valence-corrected chi connectivity index (χ2v) is 14.8. The fraction of sp³-hybridized carbons (Fsp3) is 0. The Morgan fingerprint density at radius 1 is 0.322 bits per heavy atom. The Bertz CT molecular complexity index is 3230. The molecular weight excluding hydrogens is 717 g/mol. The third-order valence-electron chi connectivity index (χ3n) is 11.2. The summed E-state index contributed by atoms with van der Waals surface area (Å²) in [6.45, 7) is 0. The Balaban J connectivity index is 1.16. The molecule has 276 valence electrons. The Morgan fingerprint density at radius 2 is 0.797 bits per heavy atom. The molecule has 0 amide bonds. The van der Waals surface area contributed by atoms with Crippen LogP contribution in [0.25, 0.3) is 106 Å². The zero-order valence-corrected chi connectivity index (χ0v) is 32.1. The van der Waals surface area contributed by atoms with Crippen molar-refractivity contribution in [1.29, 1.82) is 0 Å². The van der Waals surface area contributed by atoms with Gasteiger partial charge in [0.25, 0.3) is 0 Å². The van der Waals surface area contributed by atoms with E-state index >= 15 is 0 Å². The summed E-state index contributed by atoms with van der Waals surface area (Å²) in [5.41, 5.74) is 14.5. The van der Waals surface area contributed by atoms with Gasteiger partial charge in [-0.15, -0.1) is 0 Å². The number of hydrogen-bond acceptors (Lipinski definition) is 3. The molecule has 0 atom stereocenters. The van der Waals surface area contributed by atoms with Gasteiger partial charge in [-0.25, -0.2) is 14.5 Å². The molecule has 0 bridgehead atoms. The van der Waals surface area contributed by atoms with E-state index in [1.807, 2.05) is 36.4 Å². The maximum absolute atomic E-state index is 5.62. The normalized spacial score (nSPS) is 11.4. The average molecular weight is 753 g/mol. The summed E-state index contributed by atoms with van der Waals surface area (Å²) in [6, 6.07) is 76.8. The number of rotatable bonds is 7. The molecule has 8 aromatic carbocycles. The highest BCUT2D eigenvalue weighted by molar-refractivity contribution is 6.15. The third kappa shape index (κ3) is 6.15. The summed E-state index contributed by atoms with van der Waals surface area (Å²) >= 11 is 0. The predicted molar refractivity (Wildman–Crippen MR) is 244 cm³/mol. The highest BCUT2D eigenvalue weighted by atomic mass is 15.2. The fourth-order valence-corrected chi connectivity index (χ4v) is 8.42. The molecule has 0 aliphatic carbocycles. The van der Waals surface area contributed by atoms with Crippen LogP contribution in [0.15, 0.2) is 218 Å². The topological polar surface area (TPSA) is 43.1 Å². The molecule has 4 nitrogen and oxygen atoms in total. The number of pyridine rings is 1. The zero-order valence-electron chi connectivity index (χ0n) is 32.1. The third-order valence-corrected chi connectivity index (χ3v) is 11.2. The van der Waals surface area contributed by atoms with Gasteiger partial charge in [0.05, 0.1) is 22.6 Å². The van der Waals surface area contributed by atoms with Crippen LogP contribution in [-0.2, 0) is 0 Å². The first-order valence-electron chi connectivity index (χ1n) is 19.9. The smallest absolute Gasteiger partial charge is 0.160 e. The molecule has 0 aliphatic heterocycles. The number of aromatic nitrogens is 4. The van der Waals surface area contributed by atoms with Crippen LogP contribution in [0.3, 0.4) is 0 Å². The summed E-state index contributed by atoms with van der Waals surface area (Å²) < 4.78 is 2.20. The first-order chi connectivity index (χ1) is 29.3. The molecule has 3 aromatic heterocycles. The SMILES string of the molecule is c1ccc(-c2cc(-c3ccc(-c4c(-c5ccccc5)n5nc(-c6ccc7ccccc7c6)c(-c6ccccc6)c5c5ccccc45)cc3)nc(-c3ccccc3)n2)cc1. The van der Waals surface area contributed by atoms with Crippen LogP contribution < -0.4 is 0 Å². The van der Waals surface area contributed by atoms with E-state index in [9.17, 15) is 0 Å². The second-order valence-electron chi connectivity index (χ2n) is 14.8. The van der Waals surface area contributed by atoms with Crippen LogP contribution in [0.4, 0.5) is 0 Å². The number of hydrogen-bond donors (Lipinski definition) is 0. The van der Waals surface area contributed by atoms with Crippen molar-refractivity contribution >= 4 is 27.1 Å². The summed E-state index contributed by atoms with van der Waals surface area (Å²) in [4.78, 5) is 10.1. The van der Waals surface area contributed by atoms with Gasteiger partial charge in [0.2, 0.25) is 0 Å². The maximum Gasteiger partial charge on any atom is 0.160 e. The molecule has 3 heterocycles. The molecule has 0 saturated carbocycles. The highest BCUT2D eigenvalue weighted by Crippen LogP contribution is 2.46. The van der Waals surface area contributed by atoms with E-state index in [0.717, 1.165) is 89.1 Å². The molecule has 0 fully saturated rings. The Hall–Kier alpha value is -7.95. The highest BCUT2D eigenvalue weighted by Gasteiger charge is 2.25. The molecular formula is C55H36N4. The fourth-order valence-electron chi connectivity index (χ4n) is 8.42. The Kier molecular flexibility index (Phi) is 8.45. The lowest BCUT2D eigenvalue weighted by Gasteiger charge is -2.18. The van der Waals surface area contributed by atoms with Crippen molar-refractivity contribution in [2.75, 3.05) is 0 Å². The van der Waals surface area contributed by atoms with Crippen LogP contribution >= 0.6 is 0 Å². The molecule has 0 saturated heterocycles. The van der Waals surface area contributed by atoms with E-state index in [4.69, 9.17) is 15.1 Å². The Labute approximate surface area is 342 Å². The average Bonchev–Trinajstić information content (AvgIpc) is 3.73. The minimum atomic E-state index is 0.698. The van der Waals surface area contributed by atoms with Gasteiger partial charge in [-0.3, -0.25) is 0 Å². The van der Waals surface area contributed by atoms with Gasteiger partial charge in [0, 0.05) is 44.3 Å². The van der Waals surface area contributed by atoms with Gasteiger partial charge >= 0.3 is 0 Å². The van der Waals surface area contributed by atoms with Crippen molar-refractivity contribution in [2.45, 2.75) is 0 Å². The number of nitrogens with zero attached hydrogens (tertiary/aromatic N) is 4. The first-order valence-corrected chi connectivity index (χ1v) is 19.9. The Morgan fingerprint density at radius 3 is 1.46 bits per heavy atom. The summed E-state index contributed by atoms with van der Waals surface area (Å²) in [6.07, 6.45) is 0. The maximum atomic E-state index is 5.62. The molecule has 0 unspecified atom stereocenters. The van der Waals surface area contributed by atoms with E-state index in [0.29, 0.717) is 5.82 Å². The van der Waals surface area contributed by atoms with E-state index in [1.165, 1.54) is 10.8 Å². The predicted octanol–water partition coefficient (Wildman–Crippen LogP) is 14.1. The minimum absolute atomic E-state index is 0.698. The molecule has 0 aliphatic rings. The van der Waals surface area contributed by atoms with Gasteiger partial charge in [0.1, 0.15) is 5.69 Å². The largest absolute Gasteiger partial charge is 0.231 e. The molecule has 59 heavy (non-hydrogen) atoms. The zero-order chi connectivity index (χ0) is 39.1. The van der Waals surface area contributed by atoms with E-state index < -0.39 is 0 Å². The van der Waals surface area contributed by atoms with Crippen LogP contribution in [0.1, 0.15) is 0 Å². The van der Waals surface area contributed by atoms with E-state index in [1.54, 1.807) is 0 Å². The van der Waals surface area contributed by atoms with Gasteiger partial charge in [0.15, 0.2) is 5.82 Å². The van der Waals surface area contributed by atoms with Gasteiger partial charge in [-0.1, -0.05) is 206 Å².